The zero-order valence-corrected chi connectivity index (χ0v) is 13.1. The van der Waals surface area contributed by atoms with E-state index >= 15 is 0 Å². The van der Waals surface area contributed by atoms with Gasteiger partial charge in [-0.05, 0) is 32.1 Å². The van der Waals surface area contributed by atoms with E-state index in [4.69, 9.17) is 5.11 Å². The zero-order chi connectivity index (χ0) is 15.0. The minimum Gasteiger partial charge on any atom is -0.480 e. The number of carboxylic acids is 1. The monoisotopic (exact) mass is 292 g/mol. The molecule has 1 saturated heterocycles. The van der Waals surface area contributed by atoms with Gasteiger partial charge in [0.25, 0.3) is 10.2 Å². The Labute approximate surface area is 115 Å². The Balaban J connectivity index is 3.01. The highest BCUT2D eigenvalue weighted by Gasteiger charge is 2.43. The lowest BCUT2D eigenvalue weighted by Crippen LogP contribution is -2.57. The van der Waals surface area contributed by atoms with Gasteiger partial charge in [0.2, 0.25) is 0 Å². The van der Waals surface area contributed by atoms with Gasteiger partial charge in [-0.25, -0.2) is 0 Å². The maximum absolute atomic E-state index is 12.5. The summed E-state index contributed by atoms with van der Waals surface area (Å²) in [5.74, 6) is -0.573. The lowest BCUT2D eigenvalue weighted by Gasteiger charge is -2.39. The average Bonchev–Trinajstić information content (AvgIpc) is 2.26. The maximum atomic E-state index is 12.5. The maximum Gasteiger partial charge on any atom is 0.324 e. The fraction of sp³-hybridized carbons (Fsp3) is 0.917. The highest BCUT2D eigenvalue weighted by molar-refractivity contribution is 7.86. The highest BCUT2D eigenvalue weighted by atomic mass is 32.2. The van der Waals surface area contributed by atoms with Crippen molar-refractivity contribution in [3.05, 3.63) is 0 Å². The molecule has 0 aromatic heterocycles. The summed E-state index contributed by atoms with van der Waals surface area (Å²) in [6.07, 6.45) is 0.998. The topological polar surface area (TPSA) is 77.9 Å². The number of carbonyl (C=O) groups is 1. The molecule has 1 aliphatic heterocycles. The van der Waals surface area contributed by atoms with Crippen LogP contribution in [0.15, 0.2) is 0 Å². The van der Waals surface area contributed by atoms with E-state index in [9.17, 15) is 13.2 Å². The van der Waals surface area contributed by atoms with Crippen LogP contribution in [0, 0.1) is 11.8 Å². The molecule has 0 bridgehead atoms. The number of nitrogens with zero attached hydrogens (tertiary/aromatic N) is 2. The van der Waals surface area contributed by atoms with Crippen LogP contribution >= 0.6 is 0 Å². The second kappa shape index (κ2) is 5.38. The number of carboxylic acid groups (broad SMARTS) is 1. The molecule has 0 radical (unpaired) electrons. The number of likely N-dealkylation sites (N-methyl/N-ethyl adjacent to an activating group) is 1. The van der Waals surface area contributed by atoms with E-state index in [2.05, 4.69) is 0 Å². The lowest BCUT2D eigenvalue weighted by molar-refractivity contribution is -0.146. The first-order valence-electron chi connectivity index (χ1n) is 6.47. The summed E-state index contributed by atoms with van der Waals surface area (Å²) in [6.45, 7) is 7.72. The van der Waals surface area contributed by atoms with Crippen molar-refractivity contribution in [2.45, 2.75) is 39.7 Å². The molecule has 0 aliphatic carbocycles. The number of piperidine rings is 1. The molecular weight excluding hydrogens is 268 g/mol. The van der Waals surface area contributed by atoms with E-state index in [1.54, 1.807) is 0 Å². The Hall–Kier alpha value is -0.660. The van der Waals surface area contributed by atoms with Gasteiger partial charge in [-0.3, -0.25) is 4.79 Å². The van der Waals surface area contributed by atoms with Crippen LogP contribution in [0.5, 0.6) is 0 Å². The first-order chi connectivity index (χ1) is 8.49. The summed E-state index contributed by atoms with van der Waals surface area (Å²) < 4.78 is 27.4. The molecule has 6 nitrogen and oxygen atoms in total. The third-order valence-corrected chi connectivity index (χ3v) is 5.92. The fourth-order valence-electron chi connectivity index (χ4n) is 2.39. The SMILES string of the molecule is CC1CC(C)CN(S(=O)(=O)N(C)C(C)(C)C(=O)O)C1. The molecule has 1 heterocycles. The van der Waals surface area contributed by atoms with E-state index in [1.165, 1.54) is 25.2 Å². The van der Waals surface area contributed by atoms with Crippen molar-refractivity contribution in [2.75, 3.05) is 20.1 Å². The number of aliphatic carboxylic acids is 1. The van der Waals surface area contributed by atoms with Gasteiger partial charge in [0, 0.05) is 20.1 Å². The third-order valence-electron chi connectivity index (χ3n) is 3.82. The van der Waals surface area contributed by atoms with Crippen LogP contribution in [0.4, 0.5) is 0 Å². The quantitative estimate of drug-likeness (QED) is 0.838. The summed E-state index contributed by atoms with van der Waals surface area (Å²) in [4.78, 5) is 11.2. The molecular formula is C12H24N2O4S. The van der Waals surface area contributed by atoms with Gasteiger partial charge in [-0.2, -0.15) is 17.0 Å². The van der Waals surface area contributed by atoms with Gasteiger partial charge >= 0.3 is 5.97 Å². The van der Waals surface area contributed by atoms with Gasteiger partial charge < -0.3 is 5.11 Å². The molecule has 1 fully saturated rings. The smallest absolute Gasteiger partial charge is 0.324 e. The van der Waals surface area contributed by atoms with Crippen LogP contribution in [0.25, 0.3) is 0 Å². The molecule has 0 aromatic carbocycles. The summed E-state index contributed by atoms with van der Waals surface area (Å²) >= 11 is 0. The van der Waals surface area contributed by atoms with E-state index in [0.717, 1.165) is 10.7 Å². The molecule has 2 unspecified atom stereocenters. The van der Waals surface area contributed by atoms with Gasteiger partial charge in [-0.1, -0.05) is 13.8 Å². The molecule has 1 rings (SSSR count). The predicted molar refractivity (Wildman–Crippen MR) is 72.9 cm³/mol. The second-order valence-corrected chi connectivity index (χ2v) is 8.06. The lowest BCUT2D eigenvalue weighted by atomic mass is 9.94. The summed E-state index contributed by atoms with van der Waals surface area (Å²) in [5.41, 5.74) is -1.46. The Morgan fingerprint density at radius 3 is 2.05 bits per heavy atom. The highest BCUT2D eigenvalue weighted by Crippen LogP contribution is 2.27. The van der Waals surface area contributed by atoms with Crippen LogP contribution in [-0.4, -0.2) is 53.8 Å². The molecule has 7 heteroatoms. The van der Waals surface area contributed by atoms with Crippen LogP contribution in [0.2, 0.25) is 0 Å². The first-order valence-corrected chi connectivity index (χ1v) is 7.86. The summed E-state index contributed by atoms with van der Waals surface area (Å²) in [7, 11) is -2.42. The minimum absolute atomic E-state index is 0.292. The Kier molecular flexibility index (Phi) is 4.64. The fourth-order valence-corrected chi connectivity index (χ4v) is 4.28. The average molecular weight is 292 g/mol. The third kappa shape index (κ3) is 3.27. The van der Waals surface area contributed by atoms with Crippen molar-refractivity contribution in [3.63, 3.8) is 0 Å². The number of hydrogen-bond donors (Lipinski definition) is 1. The molecule has 112 valence electrons. The Bertz CT molecular complexity index is 437. The standard InChI is InChI=1S/C12H24N2O4S/c1-9-6-10(2)8-14(7-9)19(17,18)13(5)12(3,4)11(15)16/h9-10H,6-8H2,1-5H3,(H,15,16). The van der Waals surface area contributed by atoms with Crippen molar-refractivity contribution in [3.8, 4) is 0 Å². The molecule has 1 aliphatic rings. The molecule has 0 saturated carbocycles. The normalized spacial score (nSPS) is 26.6. The molecule has 0 aromatic rings. The predicted octanol–water partition coefficient (Wildman–Crippen LogP) is 1.00. The van der Waals surface area contributed by atoms with Crippen molar-refractivity contribution in [1.29, 1.82) is 0 Å². The van der Waals surface area contributed by atoms with Gasteiger partial charge in [0.15, 0.2) is 0 Å². The Morgan fingerprint density at radius 2 is 1.68 bits per heavy atom. The number of rotatable bonds is 4. The van der Waals surface area contributed by atoms with Crippen molar-refractivity contribution in [1.82, 2.24) is 8.61 Å². The van der Waals surface area contributed by atoms with Gasteiger partial charge in [-0.15, -0.1) is 0 Å². The zero-order valence-electron chi connectivity index (χ0n) is 12.3. The molecule has 1 N–H and O–H groups in total. The first kappa shape index (κ1) is 16.4. The minimum atomic E-state index is -3.74. The van der Waals surface area contributed by atoms with E-state index < -0.39 is 21.7 Å². The van der Waals surface area contributed by atoms with E-state index in [-0.39, 0.29) is 0 Å². The summed E-state index contributed by atoms with van der Waals surface area (Å²) in [5, 5.41) is 9.15. The van der Waals surface area contributed by atoms with Gasteiger partial charge in [0.1, 0.15) is 5.54 Å². The van der Waals surface area contributed by atoms with E-state index in [1.807, 2.05) is 13.8 Å². The van der Waals surface area contributed by atoms with Crippen LogP contribution in [0.1, 0.15) is 34.1 Å². The number of hydrogen-bond acceptors (Lipinski definition) is 3. The van der Waals surface area contributed by atoms with Crippen LogP contribution < -0.4 is 0 Å². The second-order valence-electron chi connectivity index (χ2n) is 6.10. The van der Waals surface area contributed by atoms with E-state index in [0.29, 0.717) is 24.9 Å². The molecule has 0 spiro atoms. The van der Waals surface area contributed by atoms with Crippen LogP contribution in [0.3, 0.4) is 0 Å². The molecule has 19 heavy (non-hydrogen) atoms. The van der Waals surface area contributed by atoms with Crippen molar-refractivity contribution >= 4 is 16.2 Å². The molecule has 0 amide bonds. The van der Waals surface area contributed by atoms with Gasteiger partial charge in [0.05, 0.1) is 0 Å². The van der Waals surface area contributed by atoms with Crippen molar-refractivity contribution in [2.24, 2.45) is 11.8 Å². The summed E-state index contributed by atoms with van der Waals surface area (Å²) in [6, 6.07) is 0. The Morgan fingerprint density at radius 1 is 1.26 bits per heavy atom. The molecule has 2 atom stereocenters. The largest absolute Gasteiger partial charge is 0.480 e. The van der Waals surface area contributed by atoms with Crippen LogP contribution in [-0.2, 0) is 15.0 Å². The van der Waals surface area contributed by atoms with Crippen molar-refractivity contribution < 1.29 is 18.3 Å².